The number of ether oxygens (including phenoxy) is 1. The monoisotopic (exact) mass is 411 g/mol. The van der Waals surface area contributed by atoms with Gasteiger partial charge in [-0.3, -0.25) is 14.4 Å². The van der Waals surface area contributed by atoms with E-state index in [1.54, 1.807) is 16.7 Å². The van der Waals surface area contributed by atoms with Crippen molar-refractivity contribution in [2.75, 3.05) is 39.3 Å². The highest BCUT2D eigenvalue weighted by Gasteiger charge is 2.33. The molecule has 2 amide bonds. The minimum atomic E-state index is -0.184. The maximum atomic E-state index is 12.5. The molecule has 2 fully saturated rings. The van der Waals surface area contributed by atoms with Gasteiger partial charge in [0.1, 0.15) is 0 Å². The van der Waals surface area contributed by atoms with Crippen LogP contribution in [0.2, 0.25) is 0 Å². The first-order valence-corrected chi connectivity index (χ1v) is 11.1. The Morgan fingerprint density at radius 2 is 1.69 bits per heavy atom. The number of piperidine rings is 1. The van der Waals surface area contributed by atoms with Crippen molar-refractivity contribution in [1.82, 2.24) is 15.1 Å². The summed E-state index contributed by atoms with van der Waals surface area (Å²) in [6.45, 7) is 15.4. The zero-order valence-electron chi connectivity index (χ0n) is 19.2. The molecule has 2 aliphatic rings. The summed E-state index contributed by atoms with van der Waals surface area (Å²) >= 11 is 0. The van der Waals surface area contributed by atoms with Gasteiger partial charge in [0.2, 0.25) is 11.8 Å². The van der Waals surface area contributed by atoms with Gasteiger partial charge in [0, 0.05) is 26.2 Å². The van der Waals surface area contributed by atoms with Gasteiger partial charge in [-0.15, -0.1) is 0 Å². The molecule has 0 radical (unpaired) electrons. The normalized spacial score (nSPS) is 20.6. The third kappa shape index (κ3) is 9.15. The van der Waals surface area contributed by atoms with Crippen LogP contribution in [0.25, 0.3) is 0 Å². The molecule has 0 aliphatic carbocycles. The van der Waals surface area contributed by atoms with E-state index in [0.29, 0.717) is 45.0 Å². The second kappa shape index (κ2) is 12.8. The minimum Gasteiger partial charge on any atom is -0.466 e. The molecular formula is C22H41N3O4. The summed E-state index contributed by atoms with van der Waals surface area (Å²) in [5.41, 5.74) is 0. The standard InChI is InChI=1S/C18H31N3O4.C4H10/c1-4-25-18(24)14-5-8-20(9-6-14)16(22)12-21-10-7-19-15(17(21)23)11-13(2)3;1-4(2)3/h13-15,19H,4-12H2,1-3H3;4H,1-3H3. The molecule has 0 spiro atoms. The van der Waals surface area contributed by atoms with Gasteiger partial charge in [0.25, 0.3) is 0 Å². The molecule has 1 unspecified atom stereocenters. The first kappa shape index (κ1) is 25.4. The second-order valence-corrected chi connectivity index (χ2v) is 9.04. The fourth-order valence-corrected chi connectivity index (χ4v) is 3.49. The summed E-state index contributed by atoms with van der Waals surface area (Å²) in [7, 11) is 0. The third-order valence-electron chi connectivity index (χ3n) is 4.88. The maximum Gasteiger partial charge on any atom is 0.309 e. The Morgan fingerprint density at radius 3 is 2.21 bits per heavy atom. The Balaban J connectivity index is 0.000000960. The van der Waals surface area contributed by atoms with Crippen molar-refractivity contribution < 1.29 is 19.1 Å². The predicted octanol–water partition coefficient (Wildman–Crippen LogP) is 2.30. The van der Waals surface area contributed by atoms with Gasteiger partial charge in [0.05, 0.1) is 25.1 Å². The lowest BCUT2D eigenvalue weighted by atomic mass is 9.97. The van der Waals surface area contributed by atoms with Crippen molar-refractivity contribution in [1.29, 1.82) is 0 Å². The third-order valence-corrected chi connectivity index (χ3v) is 4.88. The zero-order valence-corrected chi connectivity index (χ0v) is 19.2. The van der Waals surface area contributed by atoms with E-state index < -0.39 is 0 Å². The number of carbonyl (C=O) groups is 3. The lowest BCUT2D eigenvalue weighted by Crippen LogP contribution is -2.57. The average Bonchev–Trinajstić information content (AvgIpc) is 2.64. The number of nitrogens with zero attached hydrogens (tertiary/aromatic N) is 2. The molecular weight excluding hydrogens is 370 g/mol. The second-order valence-electron chi connectivity index (χ2n) is 9.04. The van der Waals surface area contributed by atoms with Crippen LogP contribution in [0.5, 0.6) is 0 Å². The van der Waals surface area contributed by atoms with Gasteiger partial charge in [0.15, 0.2) is 0 Å². The van der Waals surface area contributed by atoms with Crippen LogP contribution in [0.4, 0.5) is 0 Å². The molecule has 0 aromatic heterocycles. The van der Waals surface area contributed by atoms with Crippen LogP contribution in [0.1, 0.15) is 60.8 Å². The minimum absolute atomic E-state index is 0.0229. The molecule has 168 valence electrons. The number of esters is 1. The summed E-state index contributed by atoms with van der Waals surface area (Å²) in [5.74, 6) is 0.984. The van der Waals surface area contributed by atoms with Gasteiger partial charge >= 0.3 is 5.97 Å². The molecule has 2 saturated heterocycles. The summed E-state index contributed by atoms with van der Waals surface area (Å²) < 4.78 is 5.05. The number of nitrogens with one attached hydrogen (secondary N) is 1. The summed E-state index contributed by atoms with van der Waals surface area (Å²) in [5, 5.41) is 3.25. The van der Waals surface area contributed by atoms with Crippen LogP contribution < -0.4 is 5.32 Å². The largest absolute Gasteiger partial charge is 0.466 e. The first-order valence-electron chi connectivity index (χ1n) is 11.1. The van der Waals surface area contributed by atoms with Crippen LogP contribution in [0.15, 0.2) is 0 Å². The molecule has 0 saturated carbocycles. The molecule has 1 atom stereocenters. The Bertz CT molecular complexity index is 525. The quantitative estimate of drug-likeness (QED) is 0.679. The number of amides is 2. The van der Waals surface area contributed by atoms with Crippen LogP contribution in [0.3, 0.4) is 0 Å². The fourth-order valence-electron chi connectivity index (χ4n) is 3.49. The van der Waals surface area contributed by atoms with E-state index in [0.717, 1.165) is 18.9 Å². The zero-order chi connectivity index (χ0) is 22.0. The van der Waals surface area contributed by atoms with Gasteiger partial charge < -0.3 is 19.9 Å². The predicted molar refractivity (Wildman–Crippen MR) is 114 cm³/mol. The lowest BCUT2D eigenvalue weighted by Gasteiger charge is -2.36. The van der Waals surface area contributed by atoms with Crippen LogP contribution in [-0.4, -0.2) is 73.0 Å². The van der Waals surface area contributed by atoms with Crippen LogP contribution in [-0.2, 0) is 19.1 Å². The van der Waals surface area contributed by atoms with E-state index in [4.69, 9.17) is 4.74 Å². The summed E-state index contributed by atoms with van der Waals surface area (Å²) in [4.78, 5) is 40.3. The van der Waals surface area contributed by atoms with Gasteiger partial charge in [-0.05, 0) is 38.0 Å². The van der Waals surface area contributed by atoms with Crippen molar-refractivity contribution >= 4 is 17.8 Å². The lowest BCUT2D eigenvalue weighted by molar-refractivity contribution is -0.151. The number of likely N-dealkylation sites (tertiary alicyclic amines) is 1. The molecule has 2 heterocycles. The molecule has 1 N–H and O–H groups in total. The highest BCUT2D eigenvalue weighted by molar-refractivity contribution is 5.88. The van der Waals surface area contributed by atoms with Crippen molar-refractivity contribution in [3.8, 4) is 0 Å². The Morgan fingerprint density at radius 1 is 1.10 bits per heavy atom. The van der Waals surface area contributed by atoms with Crippen molar-refractivity contribution in [2.24, 2.45) is 17.8 Å². The highest BCUT2D eigenvalue weighted by Crippen LogP contribution is 2.19. The van der Waals surface area contributed by atoms with Crippen LogP contribution >= 0.6 is 0 Å². The van der Waals surface area contributed by atoms with Crippen LogP contribution in [0, 0.1) is 17.8 Å². The van der Waals surface area contributed by atoms with E-state index in [1.807, 2.05) is 0 Å². The smallest absolute Gasteiger partial charge is 0.309 e. The number of rotatable bonds is 6. The Hall–Kier alpha value is -1.63. The van der Waals surface area contributed by atoms with Crippen molar-refractivity contribution in [3.63, 3.8) is 0 Å². The number of carbonyl (C=O) groups excluding carboxylic acids is 3. The number of hydrogen-bond acceptors (Lipinski definition) is 5. The molecule has 0 aromatic carbocycles. The highest BCUT2D eigenvalue weighted by atomic mass is 16.5. The Labute approximate surface area is 176 Å². The van der Waals surface area contributed by atoms with Gasteiger partial charge in [-0.25, -0.2) is 0 Å². The van der Waals surface area contributed by atoms with Gasteiger partial charge in [-0.1, -0.05) is 34.6 Å². The van der Waals surface area contributed by atoms with E-state index in [-0.39, 0.29) is 36.3 Å². The Kier molecular flexibility index (Phi) is 11.2. The van der Waals surface area contributed by atoms with E-state index in [9.17, 15) is 14.4 Å². The molecule has 2 rings (SSSR count). The number of piperazine rings is 1. The fraction of sp³-hybridized carbons (Fsp3) is 0.864. The van der Waals surface area contributed by atoms with Crippen molar-refractivity contribution in [2.45, 2.75) is 66.8 Å². The average molecular weight is 412 g/mol. The van der Waals surface area contributed by atoms with E-state index >= 15 is 0 Å². The topological polar surface area (TPSA) is 79.0 Å². The summed E-state index contributed by atoms with van der Waals surface area (Å²) in [6, 6.07) is -0.184. The molecule has 0 bridgehead atoms. The van der Waals surface area contributed by atoms with Gasteiger partial charge in [-0.2, -0.15) is 0 Å². The SMILES string of the molecule is CC(C)C.CCOC(=O)C1CCN(C(=O)CN2CCNC(CC(C)C)C2=O)CC1. The molecule has 2 aliphatic heterocycles. The van der Waals surface area contributed by atoms with Crippen molar-refractivity contribution in [3.05, 3.63) is 0 Å². The maximum absolute atomic E-state index is 12.5. The molecule has 7 heteroatoms. The van der Waals surface area contributed by atoms with E-state index in [2.05, 4.69) is 39.9 Å². The van der Waals surface area contributed by atoms with E-state index in [1.165, 1.54) is 0 Å². The molecule has 7 nitrogen and oxygen atoms in total. The molecule has 29 heavy (non-hydrogen) atoms. The summed E-state index contributed by atoms with van der Waals surface area (Å²) in [6.07, 6.45) is 2.06. The molecule has 0 aromatic rings. The number of hydrogen-bond donors (Lipinski definition) is 1. The first-order chi connectivity index (χ1) is 13.6.